The van der Waals surface area contributed by atoms with Crippen LogP contribution in [0.4, 0.5) is 0 Å². The summed E-state index contributed by atoms with van der Waals surface area (Å²) in [4.78, 5) is 2.68. The van der Waals surface area contributed by atoms with E-state index in [2.05, 4.69) is 32.7 Å². The van der Waals surface area contributed by atoms with Gasteiger partial charge in [-0.2, -0.15) is 0 Å². The quantitative estimate of drug-likeness (QED) is 0.572. The summed E-state index contributed by atoms with van der Waals surface area (Å²) in [6, 6.07) is 0. The summed E-state index contributed by atoms with van der Waals surface area (Å²) in [6.45, 7) is 8.69. The average Bonchev–Trinajstić information content (AvgIpc) is 2.60. The number of nitrogens with zero attached hydrogens (tertiary/aromatic N) is 1. The third kappa shape index (κ3) is 0.856. The zero-order valence-corrected chi connectivity index (χ0v) is 10.0. The highest BCUT2D eigenvalue weighted by Crippen LogP contribution is 2.68. The van der Waals surface area contributed by atoms with Gasteiger partial charge in [0.1, 0.15) is 0 Å². The molecule has 4 atom stereocenters. The van der Waals surface area contributed by atoms with Crippen molar-refractivity contribution < 1.29 is 0 Å². The molecule has 1 nitrogen and oxygen atoms in total. The third-order valence-electron chi connectivity index (χ3n) is 5.44. The van der Waals surface area contributed by atoms with E-state index in [0.29, 0.717) is 11.0 Å². The molecule has 4 unspecified atom stereocenters. The molecule has 0 radical (unpaired) electrons. The number of fused-ring (bicyclic) bond motifs is 3. The molecular weight excluding hydrogens is 170 g/mol. The fourth-order valence-corrected chi connectivity index (χ4v) is 4.76. The van der Waals surface area contributed by atoms with E-state index in [9.17, 15) is 0 Å². The maximum atomic E-state index is 2.68. The predicted molar refractivity (Wildman–Crippen MR) is 59.1 cm³/mol. The Morgan fingerprint density at radius 3 is 2.57 bits per heavy atom. The second-order valence-corrected chi connectivity index (χ2v) is 6.85. The zero-order chi connectivity index (χ0) is 10.1. The van der Waals surface area contributed by atoms with Crippen molar-refractivity contribution in [1.29, 1.82) is 0 Å². The largest absolute Gasteiger partial charge is 0.300 e. The molecule has 0 amide bonds. The van der Waals surface area contributed by atoms with Gasteiger partial charge in [-0.15, -0.1) is 0 Å². The van der Waals surface area contributed by atoms with Gasteiger partial charge in [-0.1, -0.05) is 20.8 Å². The van der Waals surface area contributed by atoms with E-state index in [4.69, 9.17) is 0 Å². The first-order valence-corrected chi connectivity index (χ1v) is 6.18. The van der Waals surface area contributed by atoms with Crippen molar-refractivity contribution in [2.75, 3.05) is 13.6 Å². The Morgan fingerprint density at radius 2 is 2.00 bits per heavy atom. The van der Waals surface area contributed by atoms with Crippen molar-refractivity contribution in [3.8, 4) is 0 Å². The van der Waals surface area contributed by atoms with Gasteiger partial charge in [0.05, 0.1) is 0 Å². The first kappa shape index (κ1) is 9.21. The highest BCUT2D eigenvalue weighted by molar-refractivity contribution is 5.20. The van der Waals surface area contributed by atoms with Gasteiger partial charge in [0, 0.05) is 5.54 Å². The van der Waals surface area contributed by atoms with Gasteiger partial charge in [-0.3, -0.25) is 4.90 Å². The van der Waals surface area contributed by atoms with E-state index < -0.39 is 0 Å². The molecule has 0 aromatic heterocycles. The standard InChI is InChI=1S/C13H23N/c1-12(2,3)13-8-9-7-10(9)11(13)5-6-14(13)4/h9-11H,5-8H2,1-4H3. The Hall–Kier alpha value is -0.0400. The first-order valence-electron chi connectivity index (χ1n) is 6.18. The van der Waals surface area contributed by atoms with Crippen molar-refractivity contribution in [2.45, 2.75) is 45.6 Å². The summed E-state index contributed by atoms with van der Waals surface area (Å²) in [5.41, 5.74) is 1.02. The lowest BCUT2D eigenvalue weighted by Crippen LogP contribution is -2.54. The van der Waals surface area contributed by atoms with E-state index in [-0.39, 0.29) is 0 Å². The van der Waals surface area contributed by atoms with Gasteiger partial charge >= 0.3 is 0 Å². The van der Waals surface area contributed by atoms with Gasteiger partial charge in [-0.25, -0.2) is 0 Å². The monoisotopic (exact) mass is 193 g/mol. The molecule has 1 saturated heterocycles. The van der Waals surface area contributed by atoms with Gasteiger partial charge in [0.25, 0.3) is 0 Å². The van der Waals surface area contributed by atoms with Crippen molar-refractivity contribution in [3.63, 3.8) is 0 Å². The third-order valence-corrected chi connectivity index (χ3v) is 5.44. The Kier molecular flexibility index (Phi) is 1.56. The Morgan fingerprint density at radius 1 is 1.29 bits per heavy atom. The first-order chi connectivity index (χ1) is 6.47. The minimum atomic E-state index is 0.469. The molecule has 0 bridgehead atoms. The van der Waals surface area contributed by atoms with Crippen molar-refractivity contribution in [1.82, 2.24) is 4.90 Å². The molecule has 3 fully saturated rings. The summed E-state index contributed by atoms with van der Waals surface area (Å²) >= 11 is 0. The van der Waals surface area contributed by atoms with Gasteiger partial charge in [-0.05, 0) is 56.0 Å². The smallest absolute Gasteiger partial charge is 0.0288 e. The lowest BCUT2D eigenvalue weighted by molar-refractivity contribution is 0.0145. The summed E-state index contributed by atoms with van der Waals surface area (Å²) in [5.74, 6) is 3.23. The van der Waals surface area contributed by atoms with E-state index in [1.54, 1.807) is 6.42 Å². The molecule has 0 spiro atoms. The van der Waals surface area contributed by atoms with Crippen LogP contribution in [-0.2, 0) is 0 Å². The van der Waals surface area contributed by atoms with Crippen LogP contribution in [0.2, 0.25) is 0 Å². The molecule has 14 heavy (non-hydrogen) atoms. The molecule has 0 aromatic carbocycles. The molecule has 0 aromatic rings. The van der Waals surface area contributed by atoms with Crippen LogP contribution in [0.5, 0.6) is 0 Å². The minimum Gasteiger partial charge on any atom is -0.300 e. The topological polar surface area (TPSA) is 3.24 Å². The lowest BCUT2D eigenvalue weighted by Gasteiger charge is -2.49. The summed E-state index contributed by atoms with van der Waals surface area (Å²) in [7, 11) is 2.36. The molecule has 3 aliphatic rings. The van der Waals surface area contributed by atoms with E-state index >= 15 is 0 Å². The predicted octanol–water partition coefficient (Wildman–Crippen LogP) is 2.76. The number of hydrogen-bond donors (Lipinski definition) is 0. The van der Waals surface area contributed by atoms with Gasteiger partial charge in [0.2, 0.25) is 0 Å². The Balaban J connectivity index is 2.01. The minimum absolute atomic E-state index is 0.469. The molecule has 80 valence electrons. The SMILES string of the molecule is CN1CCC2C3CC3CC21C(C)(C)C. The van der Waals surface area contributed by atoms with Crippen molar-refractivity contribution in [2.24, 2.45) is 23.2 Å². The van der Waals surface area contributed by atoms with Crippen LogP contribution in [-0.4, -0.2) is 24.0 Å². The summed E-state index contributed by atoms with van der Waals surface area (Å²) in [6.07, 6.45) is 4.51. The fraction of sp³-hybridized carbons (Fsp3) is 1.00. The van der Waals surface area contributed by atoms with Crippen LogP contribution in [0.15, 0.2) is 0 Å². The van der Waals surface area contributed by atoms with Crippen molar-refractivity contribution in [3.05, 3.63) is 0 Å². The molecule has 1 aliphatic heterocycles. The highest BCUT2D eigenvalue weighted by Gasteiger charge is 2.67. The second-order valence-electron chi connectivity index (χ2n) is 6.85. The molecule has 1 heteroatoms. The molecule has 2 saturated carbocycles. The second kappa shape index (κ2) is 2.37. The Labute approximate surface area is 87.9 Å². The van der Waals surface area contributed by atoms with Crippen LogP contribution < -0.4 is 0 Å². The maximum absolute atomic E-state index is 2.68. The number of likely N-dealkylation sites (tertiary alicyclic amines) is 1. The van der Waals surface area contributed by atoms with E-state index in [1.807, 2.05) is 0 Å². The van der Waals surface area contributed by atoms with Crippen molar-refractivity contribution >= 4 is 0 Å². The number of hydrogen-bond acceptors (Lipinski definition) is 1. The zero-order valence-electron chi connectivity index (χ0n) is 10.0. The van der Waals surface area contributed by atoms with E-state index in [1.165, 1.54) is 19.4 Å². The van der Waals surface area contributed by atoms with E-state index in [0.717, 1.165) is 17.8 Å². The number of rotatable bonds is 0. The molecule has 1 heterocycles. The normalized spacial score (nSPS) is 51.9. The van der Waals surface area contributed by atoms with Crippen LogP contribution >= 0.6 is 0 Å². The molecule has 0 N–H and O–H groups in total. The molecule has 3 rings (SSSR count). The average molecular weight is 193 g/mol. The lowest BCUT2D eigenvalue weighted by atomic mass is 9.66. The molecular formula is C13H23N. The van der Waals surface area contributed by atoms with Crippen LogP contribution in [0, 0.1) is 23.2 Å². The van der Waals surface area contributed by atoms with Crippen LogP contribution in [0.1, 0.15) is 40.0 Å². The Bertz CT molecular complexity index is 265. The molecule has 2 aliphatic carbocycles. The summed E-state index contributed by atoms with van der Waals surface area (Å²) in [5, 5.41) is 0. The van der Waals surface area contributed by atoms with Crippen LogP contribution in [0.3, 0.4) is 0 Å². The van der Waals surface area contributed by atoms with Crippen LogP contribution in [0.25, 0.3) is 0 Å². The summed E-state index contributed by atoms with van der Waals surface area (Å²) < 4.78 is 0. The van der Waals surface area contributed by atoms with Gasteiger partial charge in [0.15, 0.2) is 0 Å². The maximum Gasteiger partial charge on any atom is 0.0288 e. The highest BCUT2D eigenvalue weighted by atomic mass is 15.2. The fourth-order valence-electron chi connectivity index (χ4n) is 4.76. The van der Waals surface area contributed by atoms with Gasteiger partial charge < -0.3 is 0 Å².